The van der Waals surface area contributed by atoms with Gasteiger partial charge in [0, 0.05) is 11.6 Å². The second-order valence-corrected chi connectivity index (χ2v) is 7.26. The number of hydrogen-bond acceptors (Lipinski definition) is 4. The van der Waals surface area contributed by atoms with Crippen LogP contribution in [-0.2, 0) is 23.1 Å². The van der Waals surface area contributed by atoms with Crippen molar-refractivity contribution in [2.75, 3.05) is 0 Å². The first-order valence-electron chi connectivity index (χ1n) is 6.35. The number of thiophene rings is 1. The second-order valence-electron chi connectivity index (χ2n) is 4.77. The van der Waals surface area contributed by atoms with Crippen molar-refractivity contribution in [1.29, 1.82) is 0 Å². The van der Waals surface area contributed by atoms with Crippen molar-refractivity contribution < 1.29 is 17.9 Å². The number of nitrogens with one attached hydrogen (secondary N) is 1. The highest BCUT2D eigenvalue weighted by molar-refractivity contribution is 7.89. The number of aliphatic hydroxyl groups is 1. The molecule has 21 heavy (non-hydrogen) atoms. The molecular formula is C14H16FNO3S2. The Morgan fingerprint density at radius 2 is 2.14 bits per heavy atom. The topological polar surface area (TPSA) is 66.4 Å². The van der Waals surface area contributed by atoms with Crippen LogP contribution in [0.4, 0.5) is 4.39 Å². The van der Waals surface area contributed by atoms with E-state index in [1.807, 2.05) is 16.8 Å². The molecule has 7 heteroatoms. The molecule has 0 radical (unpaired) electrons. The van der Waals surface area contributed by atoms with E-state index in [4.69, 9.17) is 5.11 Å². The van der Waals surface area contributed by atoms with Gasteiger partial charge in [-0.2, -0.15) is 11.3 Å². The molecule has 1 aromatic carbocycles. The lowest BCUT2D eigenvalue weighted by molar-refractivity contribution is 0.275. The van der Waals surface area contributed by atoms with E-state index in [9.17, 15) is 12.8 Å². The molecule has 1 unspecified atom stereocenters. The van der Waals surface area contributed by atoms with Gasteiger partial charge in [0.2, 0.25) is 10.0 Å². The Bertz CT molecular complexity index is 699. The van der Waals surface area contributed by atoms with Crippen molar-refractivity contribution in [3.63, 3.8) is 0 Å². The molecule has 1 heterocycles. The van der Waals surface area contributed by atoms with E-state index in [1.54, 1.807) is 18.3 Å². The first-order valence-corrected chi connectivity index (χ1v) is 8.77. The van der Waals surface area contributed by atoms with Crippen LogP contribution >= 0.6 is 11.3 Å². The molecule has 0 bridgehead atoms. The van der Waals surface area contributed by atoms with Crippen molar-refractivity contribution in [2.45, 2.75) is 30.9 Å². The maximum atomic E-state index is 13.3. The Morgan fingerprint density at radius 1 is 1.38 bits per heavy atom. The van der Waals surface area contributed by atoms with Crippen molar-refractivity contribution in [3.05, 3.63) is 52.0 Å². The van der Waals surface area contributed by atoms with E-state index < -0.39 is 22.4 Å². The highest BCUT2D eigenvalue weighted by atomic mass is 32.2. The monoisotopic (exact) mass is 329 g/mol. The van der Waals surface area contributed by atoms with Gasteiger partial charge < -0.3 is 5.11 Å². The number of halogens is 1. The summed E-state index contributed by atoms with van der Waals surface area (Å²) in [5, 5.41) is 12.9. The fourth-order valence-corrected chi connectivity index (χ4v) is 3.95. The average molecular weight is 329 g/mol. The molecule has 0 fully saturated rings. The molecule has 0 aliphatic rings. The predicted octanol–water partition coefficient (Wildman–Crippen LogP) is 2.29. The lowest BCUT2D eigenvalue weighted by Crippen LogP contribution is -2.34. The van der Waals surface area contributed by atoms with Crippen LogP contribution < -0.4 is 4.72 Å². The number of hydrogen-bond donors (Lipinski definition) is 2. The van der Waals surface area contributed by atoms with E-state index in [-0.39, 0.29) is 16.5 Å². The van der Waals surface area contributed by atoms with Crippen LogP contribution in [0, 0.1) is 5.82 Å². The molecule has 2 rings (SSSR count). The molecular weight excluding hydrogens is 313 g/mol. The molecule has 0 saturated heterocycles. The van der Waals surface area contributed by atoms with Gasteiger partial charge in [-0.15, -0.1) is 0 Å². The minimum atomic E-state index is -3.74. The molecule has 114 valence electrons. The number of benzene rings is 1. The third-order valence-corrected chi connectivity index (χ3v) is 5.30. The molecule has 1 atom stereocenters. The smallest absolute Gasteiger partial charge is 0.240 e. The van der Waals surface area contributed by atoms with Crippen LogP contribution in [0.1, 0.15) is 18.1 Å². The van der Waals surface area contributed by atoms with Gasteiger partial charge >= 0.3 is 0 Å². The summed E-state index contributed by atoms with van der Waals surface area (Å²) in [4.78, 5) is -0.0508. The van der Waals surface area contributed by atoms with Crippen LogP contribution in [0.25, 0.3) is 0 Å². The predicted molar refractivity (Wildman–Crippen MR) is 80.1 cm³/mol. The number of rotatable bonds is 6. The standard InChI is InChI=1S/C14H16FNO3S2/c1-10(6-11-4-5-20-9-11)16-21(18,19)13-2-3-14(15)12(7-13)8-17/h2-5,7,9-10,16-17H,6,8H2,1H3. The summed E-state index contributed by atoms with van der Waals surface area (Å²) in [6, 6.07) is 5.04. The summed E-state index contributed by atoms with van der Waals surface area (Å²) in [7, 11) is -3.74. The summed E-state index contributed by atoms with van der Waals surface area (Å²) < 4.78 is 40.3. The zero-order chi connectivity index (χ0) is 15.5. The Balaban J connectivity index is 2.14. The summed E-state index contributed by atoms with van der Waals surface area (Å²) >= 11 is 1.56. The van der Waals surface area contributed by atoms with Crippen LogP contribution in [0.3, 0.4) is 0 Å². The summed E-state index contributed by atoms with van der Waals surface area (Å²) in [5.41, 5.74) is 1.02. The van der Waals surface area contributed by atoms with Crippen LogP contribution in [0.15, 0.2) is 39.9 Å². The quantitative estimate of drug-likeness (QED) is 0.854. The van der Waals surface area contributed by atoms with Crippen LogP contribution in [0.2, 0.25) is 0 Å². The van der Waals surface area contributed by atoms with Crippen molar-refractivity contribution in [3.8, 4) is 0 Å². The van der Waals surface area contributed by atoms with Gasteiger partial charge in [0.05, 0.1) is 11.5 Å². The molecule has 0 spiro atoms. The zero-order valence-electron chi connectivity index (χ0n) is 11.4. The van der Waals surface area contributed by atoms with Gasteiger partial charge in [-0.1, -0.05) is 0 Å². The van der Waals surface area contributed by atoms with Gasteiger partial charge in [0.25, 0.3) is 0 Å². The van der Waals surface area contributed by atoms with E-state index >= 15 is 0 Å². The molecule has 2 N–H and O–H groups in total. The Kier molecular flexibility index (Phi) is 5.10. The maximum Gasteiger partial charge on any atom is 0.240 e. The van der Waals surface area contributed by atoms with E-state index in [0.717, 1.165) is 17.7 Å². The lowest BCUT2D eigenvalue weighted by atomic mass is 10.1. The van der Waals surface area contributed by atoms with Crippen molar-refractivity contribution in [1.82, 2.24) is 4.72 Å². The second kappa shape index (κ2) is 6.65. The zero-order valence-corrected chi connectivity index (χ0v) is 13.0. The highest BCUT2D eigenvalue weighted by Gasteiger charge is 2.19. The minimum absolute atomic E-state index is 0.0386. The minimum Gasteiger partial charge on any atom is -0.392 e. The molecule has 0 aliphatic carbocycles. The molecule has 0 saturated carbocycles. The van der Waals surface area contributed by atoms with Gasteiger partial charge in [-0.25, -0.2) is 17.5 Å². The summed E-state index contributed by atoms with van der Waals surface area (Å²) in [5.74, 6) is -0.622. The van der Waals surface area contributed by atoms with Crippen LogP contribution in [0.5, 0.6) is 0 Å². The highest BCUT2D eigenvalue weighted by Crippen LogP contribution is 2.16. The third-order valence-electron chi connectivity index (χ3n) is 2.98. The van der Waals surface area contributed by atoms with E-state index in [1.165, 1.54) is 6.07 Å². The average Bonchev–Trinajstić information content (AvgIpc) is 2.91. The lowest BCUT2D eigenvalue weighted by Gasteiger charge is -2.14. The number of sulfonamides is 1. The van der Waals surface area contributed by atoms with Gasteiger partial charge in [-0.05, 0) is 53.9 Å². The Labute approximate surface area is 127 Å². The SMILES string of the molecule is CC(Cc1ccsc1)NS(=O)(=O)c1ccc(F)c(CO)c1. The molecule has 1 aromatic heterocycles. The summed E-state index contributed by atoms with van der Waals surface area (Å²) in [6.07, 6.45) is 0.580. The third kappa shape index (κ3) is 4.10. The Hall–Kier alpha value is -1.28. The molecule has 0 amide bonds. The maximum absolute atomic E-state index is 13.3. The molecule has 4 nitrogen and oxygen atoms in total. The molecule has 0 aliphatic heterocycles. The number of aliphatic hydroxyl groups excluding tert-OH is 1. The summed E-state index contributed by atoms with van der Waals surface area (Å²) in [6.45, 7) is 1.23. The fourth-order valence-electron chi connectivity index (χ4n) is 1.98. The molecule has 2 aromatic rings. The fraction of sp³-hybridized carbons (Fsp3) is 0.286. The van der Waals surface area contributed by atoms with Gasteiger partial charge in [0.1, 0.15) is 5.82 Å². The van der Waals surface area contributed by atoms with Gasteiger partial charge in [0.15, 0.2) is 0 Å². The van der Waals surface area contributed by atoms with Crippen molar-refractivity contribution in [2.24, 2.45) is 0 Å². The van der Waals surface area contributed by atoms with E-state index in [2.05, 4.69) is 4.72 Å². The van der Waals surface area contributed by atoms with Crippen LogP contribution in [-0.4, -0.2) is 19.6 Å². The first-order chi connectivity index (χ1) is 9.92. The normalized spacial score (nSPS) is 13.3. The van der Waals surface area contributed by atoms with E-state index in [0.29, 0.717) is 6.42 Å². The first kappa shape index (κ1) is 16.1. The Morgan fingerprint density at radius 3 is 2.76 bits per heavy atom. The largest absolute Gasteiger partial charge is 0.392 e. The van der Waals surface area contributed by atoms with Gasteiger partial charge in [-0.3, -0.25) is 0 Å². The van der Waals surface area contributed by atoms with Crippen molar-refractivity contribution >= 4 is 21.4 Å².